The Morgan fingerprint density at radius 3 is 0.573 bits per heavy atom. The molecule has 3 atom stereocenters. The van der Waals surface area contributed by atoms with Gasteiger partial charge in [0.2, 0.25) is 0 Å². The molecule has 0 aliphatic carbocycles. The maximum absolute atomic E-state index is 14.5. The van der Waals surface area contributed by atoms with Crippen LogP contribution in [0.3, 0.4) is 0 Å². The van der Waals surface area contributed by atoms with Crippen molar-refractivity contribution in [1.82, 2.24) is 16.0 Å². The first kappa shape index (κ1) is 94.4. The van der Waals surface area contributed by atoms with Crippen molar-refractivity contribution in [2.75, 3.05) is 0 Å². The van der Waals surface area contributed by atoms with Crippen molar-refractivity contribution in [1.29, 1.82) is 0 Å². The Labute approximate surface area is 604 Å². The molecule has 0 saturated carbocycles. The topological polar surface area (TPSA) is 198 Å². The van der Waals surface area contributed by atoms with Crippen molar-refractivity contribution in [3.63, 3.8) is 0 Å². The van der Waals surface area contributed by atoms with Gasteiger partial charge >= 0.3 is 77.0 Å². The molecule has 564 valence electrons. The first-order valence-corrected chi connectivity index (χ1v) is 80.3. The maximum Gasteiger partial charge on any atom is 0.314 e. The predicted octanol–water partition coefficient (Wildman–Crippen LogP) is 19.4. The third-order valence-corrected chi connectivity index (χ3v) is 73.7. The fourth-order valence-corrected chi connectivity index (χ4v) is 88.4. The molecule has 0 spiro atoms. The Morgan fingerprint density at radius 1 is 0.271 bits per heavy atom. The summed E-state index contributed by atoms with van der Waals surface area (Å²) in [6, 6.07) is 9.68. The molecule has 0 fully saturated rings. The van der Waals surface area contributed by atoms with Crippen molar-refractivity contribution in [2.45, 2.75) is 350 Å². The highest BCUT2D eigenvalue weighted by Crippen LogP contribution is 2.34. The SMILES string of the molecule is CCCC[Si](C)(C)O[Si](C)(C)O[Si](C)(C)O[Si](C)(C)O[Si](C)(C)CC[C@H](C)NC(=O)c1cc(C(=O)N[C@@H](C)CC[Si](C)(C)O[Si](C)(C)O[Si](C)(C)O[Si](C)(C)O[Si](C)(C)CCCC)cc(C(=O)N[C@@H](C)CC[Si](C)(C)O[Si](C)(C)O[Si](C)(C)O[Si](C)(C)O[Si](C)(C)CCCC)c1. The fraction of sp³-hybridized carbons (Fsp3) is 0.857. The van der Waals surface area contributed by atoms with Crippen LogP contribution in [0.2, 0.25) is 233 Å². The molecule has 96 heavy (non-hydrogen) atoms. The van der Waals surface area contributed by atoms with Crippen molar-refractivity contribution in [3.8, 4) is 0 Å². The number of rotatable bonds is 48. The summed E-state index contributed by atoms with van der Waals surface area (Å²) < 4.78 is 82.6. The van der Waals surface area contributed by atoms with Crippen molar-refractivity contribution in [3.05, 3.63) is 34.9 Å². The quantitative estimate of drug-likeness (QED) is 0.0521. The van der Waals surface area contributed by atoms with Gasteiger partial charge < -0.3 is 65.3 Å². The molecular weight excluding hydrogens is 1460 g/mol. The van der Waals surface area contributed by atoms with Crippen LogP contribution in [0.4, 0.5) is 0 Å². The van der Waals surface area contributed by atoms with Gasteiger partial charge in [-0.15, -0.1) is 0 Å². The summed E-state index contributed by atoms with van der Waals surface area (Å²) in [4.78, 5) is 43.5. The van der Waals surface area contributed by atoms with E-state index in [1.165, 1.54) is 0 Å². The Balaban J connectivity index is 3.45. The molecule has 0 aliphatic heterocycles. The number of hydrogen-bond acceptors (Lipinski definition) is 15. The fourth-order valence-electron chi connectivity index (χ4n) is 13.7. The van der Waals surface area contributed by atoms with E-state index in [-0.39, 0.29) is 52.5 Å². The summed E-state index contributed by atoms with van der Waals surface area (Å²) in [5, 5.41) is 9.63. The molecule has 1 aromatic carbocycles. The Bertz CT molecular complexity index is 2310. The first-order chi connectivity index (χ1) is 42.8. The van der Waals surface area contributed by atoms with Gasteiger partial charge in [0.05, 0.1) is 0 Å². The van der Waals surface area contributed by atoms with E-state index in [1.54, 1.807) is 18.2 Å². The van der Waals surface area contributed by atoms with E-state index in [1.807, 2.05) is 20.8 Å². The lowest BCUT2D eigenvalue weighted by atomic mass is 10.0. The lowest BCUT2D eigenvalue weighted by Crippen LogP contribution is -2.58. The molecule has 18 nitrogen and oxygen atoms in total. The zero-order chi connectivity index (χ0) is 75.0. The van der Waals surface area contributed by atoms with Crippen LogP contribution < -0.4 is 16.0 Å². The number of amides is 3. The van der Waals surface area contributed by atoms with Crippen molar-refractivity contribution in [2.24, 2.45) is 0 Å². The summed E-state index contributed by atoms with van der Waals surface area (Å²) in [5.74, 6) is -1.11. The van der Waals surface area contributed by atoms with Gasteiger partial charge in [0.25, 0.3) is 17.7 Å². The van der Waals surface area contributed by atoms with Gasteiger partial charge in [-0.25, -0.2) is 0 Å². The Hall–Kier alpha value is 0.403. The lowest BCUT2D eigenvalue weighted by molar-refractivity contribution is 0.0938. The molecule has 1 rings (SSSR count). The van der Waals surface area contributed by atoms with Gasteiger partial charge in [-0.1, -0.05) is 59.3 Å². The molecule has 3 N–H and O–H groups in total. The van der Waals surface area contributed by atoms with Crippen LogP contribution in [0, 0.1) is 0 Å². The molecule has 0 saturated heterocycles. The highest BCUT2D eigenvalue weighted by molar-refractivity contribution is 6.93. The predicted molar refractivity (Wildman–Crippen MR) is 440 cm³/mol. The molecule has 0 unspecified atom stereocenters. The van der Waals surface area contributed by atoms with Gasteiger partial charge in [0.1, 0.15) is 0 Å². The molecule has 0 aliphatic rings. The number of hydrogen-bond donors (Lipinski definition) is 3. The molecule has 1 aromatic rings. The summed E-state index contributed by atoms with van der Waals surface area (Å²) in [6.45, 7) is 77.7. The highest BCUT2D eigenvalue weighted by Gasteiger charge is 2.49. The minimum Gasteiger partial charge on any atom is -0.436 e. The summed E-state index contributed by atoms with van der Waals surface area (Å²) in [6.07, 6.45) is 8.90. The molecular formula is C63H147N3O15Si15. The highest BCUT2D eigenvalue weighted by atomic mass is 28.5. The third kappa shape index (κ3) is 41.2. The molecule has 33 heteroatoms. The minimum atomic E-state index is -2.68. The van der Waals surface area contributed by atoms with Crippen LogP contribution in [0.1, 0.15) is 130 Å². The van der Waals surface area contributed by atoms with E-state index in [0.29, 0.717) is 19.3 Å². The van der Waals surface area contributed by atoms with Crippen LogP contribution in [0.15, 0.2) is 18.2 Å². The number of benzene rings is 1. The standard InChI is InChI=1S/C63H147N3O15Si15/c1-37-40-46-82(7,8)70-88(19,20)76-94(31,32)79-91(25,26)73-85(13,14)49-43-55(4)64-61(67)58-52-59(62(68)65-56(5)44-50-86(15,16)74-92(27,28)80-95(33,34)77-89(21,22)71-83(9,10)47-41-38-2)54-60(53-58)63(69)66-57(6)45-51-87(17,18)75-93(29,30)81-96(35,36)78-90(23,24)72-84(11,12)48-42-39-3/h52-57H,37-51H2,1-36H3,(H,64,67)(H,65,68)(H,66,69)/t55-,56-,57-/m0/s1. The first-order valence-electron chi connectivity index (χ1n) is 36.3. The van der Waals surface area contributed by atoms with Gasteiger partial charge in [-0.2, -0.15) is 0 Å². The van der Waals surface area contributed by atoms with E-state index in [4.69, 9.17) is 49.4 Å². The number of carbonyl (C=O) groups excluding carboxylic acids is 3. The van der Waals surface area contributed by atoms with E-state index in [0.717, 1.165) is 74.8 Å². The van der Waals surface area contributed by atoms with Crippen LogP contribution in [0.5, 0.6) is 0 Å². The second-order valence-electron chi connectivity index (χ2n) is 35.2. The van der Waals surface area contributed by atoms with Crippen LogP contribution >= 0.6 is 0 Å². The van der Waals surface area contributed by atoms with E-state index < -0.39 is 127 Å². The minimum absolute atomic E-state index is 0.225. The zero-order valence-corrected chi connectivity index (χ0v) is 83.2. The average molecular weight is 1610 g/mol. The van der Waals surface area contributed by atoms with Crippen molar-refractivity contribution >= 4 is 145 Å². The summed E-state index contributed by atoms with van der Waals surface area (Å²) in [7, 11) is -36.1. The zero-order valence-electron chi connectivity index (χ0n) is 68.2. The van der Waals surface area contributed by atoms with Gasteiger partial charge in [0, 0.05) is 34.8 Å². The van der Waals surface area contributed by atoms with Crippen molar-refractivity contribution < 1.29 is 63.8 Å². The van der Waals surface area contributed by atoms with Gasteiger partial charge in [-0.05, 0) is 291 Å². The van der Waals surface area contributed by atoms with Gasteiger partial charge in [0.15, 0.2) is 49.9 Å². The average Bonchev–Trinajstić information content (AvgIpc) is 0.832. The summed E-state index contributed by atoms with van der Waals surface area (Å²) >= 11 is 0. The van der Waals surface area contributed by atoms with E-state index in [2.05, 4.69) is 233 Å². The number of unbranched alkanes of at least 4 members (excludes halogenated alkanes) is 3. The Morgan fingerprint density at radius 2 is 0.417 bits per heavy atom. The normalized spacial score (nSPS) is 15.4. The maximum atomic E-state index is 14.5. The van der Waals surface area contributed by atoms with Crippen LogP contribution in [-0.4, -0.2) is 163 Å². The largest absolute Gasteiger partial charge is 0.436 e. The van der Waals surface area contributed by atoms with Crippen LogP contribution in [-0.2, 0) is 49.4 Å². The Kier molecular flexibility index (Phi) is 37.0. The number of carbonyl (C=O) groups is 3. The summed E-state index contributed by atoms with van der Waals surface area (Å²) in [5.41, 5.74) is 0.674. The lowest BCUT2D eigenvalue weighted by Gasteiger charge is -2.42. The molecule has 3 amide bonds. The van der Waals surface area contributed by atoms with Crippen LogP contribution in [0.25, 0.3) is 0 Å². The smallest absolute Gasteiger partial charge is 0.314 e. The molecule has 0 radical (unpaired) electrons. The molecule has 0 aromatic heterocycles. The van der Waals surface area contributed by atoms with E-state index in [9.17, 15) is 14.4 Å². The second kappa shape index (κ2) is 37.6. The van der Waals surface area contributed by atoms with E-state index >= 15 is 0 Å². The molecule has 0 heterocycles. The molecule has 0 bridgehead atoms. The second-order valence-corrected chi connectivity index (χ2v) is 94.3. The monoisotopic (exact) mass is 1610 g/mol. The number of nitrogens with one attached hydrogen (secondary N) is 3. The van der Waals surface area contributed by atoms with Gasteiger partial charge in [-0.3, -0.25) is 14.4 Å². The third-order valence-electron chi connectivity index (χ3n) is 15.9.